The summed E-state index contributed by atoms with van der Waals surface area (Å²) in [5.41, 5.74) is 2.17. The first-order valence-electron chi connectivity index (χ1n) is 11.2. The topological polar surface area (TPSA) is 109 Å². The number of amides is 3. The highest BCUT2D eigenvalue weighted by Gasteiger charge is 2.24. The maximum absolute atomic E-state index is 12.8. The standard InChI is InChI=1S/C24H28N6O3/c1-17-8-10-19(11-9-17)26-24(33)25-15-18-5-4-13-29(16-18)22(31)12-14-30-23(32)20-6-2-3-7-21(20)27-28-30/h2-3,6-11,18H,4-5,12-16H2,1H3,(H2,25,26,33). The van der Waals surface area contributed by atoms with Crippen LogP contribution in [-0.2, 0) is 11.3 Å². The Morgan fingerprint density at radius 2 is 1.91 bits per heavy atom. The lowest BCUT2D eigenvalue weighted by Gasteiger charge is -2.33. The maximum atomic E-state index is 12.8. The minimum Gasteiger partial charge on any atom is -0.342 e. The molecule has 33 heavy (non-hydrogen) atoms. The maximum Gasteiger partial charge on any atom is 0.319 e. The van der Waals surface area contributed by atoms with E-state index in [1.165, 1.54) is 4.68 Å². The fourth-order valence-electron chi connectivity index (χ4n) is 4.04. The second kappa shape index (κ2) is 10.2. The van der Waals surface area contributed by atoms with Gasteiger partial charge in [-0.1, -0.05) is 35.0 Å². The van der Waals surface area contributed by atoms with Crippen LogP contribution in [0.25, 0.3) is 10.9 Å². The lowest BCUT2D eigenvalue weighted by molar-refractivity contribution is -0.133. The van der Waals surface area contributed by atoms with E-state index in [1.807, 2.05) is 36.1 Å². The molecule has 1 aromatic heterocycles. The van der Waals surface area contributed by atoms with Gasteiger partial charge in [-0.3, -0.25) is 9.59 Å². The number of rotatable bonds is 6. The lowest BCUT2D eigenvalue weighted by Crippen LogP contribution is -2.44. The van der Waals surface area contributed by atoms with E-state index in [9.17, 15) is 14.4 Å². The van der Waals surface area contributed by atoms with E-state index in [0.717, 1.165) is 24.1 Å². The summed E-state index contributed by atoms with van der Waals surface area (Å²) in [6.45, 7) is 3.95. The van der Waals surface area contributed by atoms with Gasteiger partial charge in [0.25, 0.3) is 5.56 Å². The fourth-order valence-corrected chi connectivity index (χ4v) is 4.04. The molecule has 9 nitrogen and oxygen atoms in total. The highest BCUT2D eigenvalue weighted by molar-refractivity contribution is 5.89. The van der Waals surface area contributed by atoms with E-state index in [4.69, 9.17) is 0 Å². The summed E-state index contributed by atoms with van der Waals surface area (Å²) in [6, 6.07) is 14.4. The van der Waals surface area contributed by atoms with Crippen molar-refractivity contribution >= 4 is 28.5 Å². The minimum absolute atomic E-state index is 0.0225. The Morgan fingerprint density at radius 3 is 2.73 bits per heavy atom. The number of benzene rings is 2. The number of hydrogen-bond acceptors (Lipinski definition) is 5. The molecule has 0 bridgehead atoms. The van der Waals surface area contributed by atoms with Crippen molar-refractivity contribution < 1.29 is 9.59 Å². The van der Waals surface area contributed by atoms with Gasteiger partial charge in [0, 0.05) is 31.7 Å². The van der Waals surface area contributed by atoms with Gasteiger partial charge in [0.05, 0.1) is 11.9 Å². The van der Waals surface area contributed by atoms with E-state index in [1.54, 1.807) is 24.3 Å². The number of carbonyl (C=O) groups is 2. The SMILES string of the molecule is Cc1ccc(NC(=O)NCC2CCCN(C(=O)CCn3nnc4ccccc4c3=O)C2)cc1. The lowest BCUT2D eigenvalue weighted by atomic mass is 9.98. The van der Waals surface area contributed by atoms with Gasteiger partial charge in [-0.15, -0.1) is 5.10 Å². The summed E-state index contributed by atoms with van der Waals surface area (Å²) in [4.78, 5) is 39.3. The molecule has 2 N–H and O–H groups in total. The van der Waals surface area contributed by atoms with Crippen molar-refractivity contribution in [3.63, 3.8) is 0 Å². The third kappa shape index (κ3) is 5.74. The van der Waals surface area contributed by atoms with Gasteiger partial charge in [0.2, 0.25) is 5.91 Å². The highest BCUT2D eigenvalue weighted by Crippen LogP contribution is 2.17. The Morgan fingerprint density at radius 1 is 1.12 bits per heavy atom. The molecule has 9 heteroatoms. The second-order valence-electron chi connectivity index (χ2n) is 8.43. The molecule has 1 fully saturated rings. The number of likely N-dealkylation sites (tertiary alicyclic amines) is 1. The zero-order valence-electron chi connectivity index (χ0n) is 18.7. The minimum atomic E-state index is -0.253. The Bertz CT molecular complexity index is 1190. The number of carbonyl (C=O) groups excluding carboxylic acids is 2. The van der Waals surface area contributed by atoms with Crippen molar-refractivity contribution in [3.8, 4) is 0 Å². The largest absolute Gasteiger partial charge is 0.342 e. The van der Waals surface area contributed by atoms with Crippen LogP contribution in [0.15, 0.2) is 53.3 Å². The quantitative estimate of drug-likeness (QED) is 0.602. The molecule has 2 aromatic carbocycles. The van der Waals surface area contributed by atoms with Crippen molar-refractivity contribution in [3.05, 3.63) is 64.4 Å². The van der Waals surface area contributed by atoms with Crippen LogP contribution in [0.5, 0.6) is 0 Å². The average molecular weight is 449 g/mol. The molecule has 3 aromatic rings. The van der Waals surface area contributed by atoms with Crippen LogP contribution in [0.3, 0.4) is 0 Å². The molecule has 0 radical (unpaired) electrons. The molecule has 1 unspecified atom stereocenters. The molecule has 4 rings (SSSR count). The smallest absolute Gasteiger partial charge is 0.319 e. The number of hydrogen-bond donors (Lipinski definition) is 2. The van der Waals surface area contributed by atoms with Crippen LogP contribution >= 0.6 is 0 Å². The summed E-state index contributed by atoms with van der Waals surface area (Å²) in [7, 11) is 0. The van der Waals surface area contributed by atoms with E-state index >= 15 is 0 Å². The number of aromatic nitrogens is 3. The second-order valence-corrected chi connectivity index (χ2v) is 8.43. The third-order valence-corrected chi connectivity index (χ3v) is 5.90. The number of nitrogens with zero attached hydrogens (tertiary/aromatic N) is 4. The normalized spacial score (nSPS) is 15.9. The van der Waals surface area contributed by atoms with Crippen molar-refractivity contribution in [1.29, 1.82) is 0 Å². The predicted octanol–water partition coefficient (Wildman–Crippen LogP) is 2.55. The number of piperidine rings is 1. The van der Waals surface area contributed by atoms with Crippen LogP contribution in [0.4, 0.5) is 10.5 Å². The van der Waals surface area contributed by atoms with Gasteiger partial charge in [-0.2, -0.15) is 0 Å². The molecule has 1 aliphatic rings. The van der Waals surface area contributed by atoms with Crippen LogP contribution in [-0.4, -0.2) is 51.5 Å². The number of fused-ring (bicyclic) bond motifs is 1. The number of anilines is 1. The molecule has 1 saturated heterocycles. The van der Waals surface area contributed by atoms with Crippen LogP contribution in [0, 0.1) is 12.8 Å². The van der Waals surface area contributed by atoms with E-state index in [2.05, 4.69) is 20.9 Å². The van der Waals surface area contributed by atoms with Gasteiger partial charge in [-0.05, 0) is 49.9 Å². The Balaban J connectivity index is 1.26. The third-order valence-electron chi connectivity index (χ3n) is 5.90. The number of urea groups is 1. The Hall–Kier alpha value is -3.75. The monoisotopic (exact) mass is 448 g/mol. The van der Waals surface area contributed by atoms with Gasteiger partial charge >= 0.3 is 6.03 Å². The van der Waals surface area contributed by atoms with Crippen molar-refractivity contribution in [2.45, 2.75) is 32.7 Å². The molecule has 3 amide bonds. The van der Waals surface area contributed by atoms with E-state index in [-0.39, 0.29) is 36.4 Å². The fraction of sp³-hybridized carbons (Fsp3) is 0.375. The number of aryl methyl sites for hydroxylation is 2. The van der Waals surface area contributed by atoms with Crippen LogP contribution in [0.2, 0.25) is 0 Å². The average Bonchev–Trinajstić information content (AvgIpc) is 2.84. The molecule has 0 saturated carbocycles. The molecular formula is C24H28N6O3. The van der Waals surface area contributed by atoms with E-state index < -0.39 is 0 Å². The van der Waals surface area contributed by atoms with Crippen molar-refractivity contribution in [2.75, 3.05) is 25.0 Å². The molecule has 1 atom stereocenters. The summed E-state index contributed by atoms with van der Waals surface area (Å²) in [5, 5.41) is 14.2. The Labute approximate surface area is 191 Å². The first kappa shape index (κ1) is 22.4. The summed E-state index contributed by atoms with van der Waals surface area (Å²) in [6.07, 6.45) is 2.01. The van der Waals surface area contributed by atoms with Gasteiger partial charge in [0.1, 0.15) is 5.52 Å². The van der Waals surface area contributed by atoms with Gasteiger partial charge in [0.15, 0.2) is 0 Å². The van der Waals surface area contributed by atoms with Crippen LogP contribution in [0.1, 0.15) is 24.8 Å². The molecule has 0 aliphatic carbocycles. The molecule has 1 aliphatic heterocycles. The summed E-state index contributed by atoms with van der Waals surface area (Å²) < 4.78 is 1.25. The zero-order valence-corrected chi connectivity index (χ0v) is 18.7. The van der Waals surface area contributed by atoms with Gasteiger partial charge in [-0.25, -0.2) is 9.48 Å². The van der Waals surface area contributed by atoms with Crippen molar-refractivity contribution in [2.24, 2.45) is 5.92 Å². The first-order valence-corrected chi connectivity index (χ1v) is 11.2. The highest BCUT2D eigenvalue weighted by atomic mass is 16.2. The number of nitrogens with one attached hydrogen (secondary N) is 2. The van der Waals surface area contributed by atoms with Crippen molar-refractivity contribution in [1.82, 2.24) is 25.2 Å². The molecular weight excluding hydrogens is 420 g/mol. The molecule has 172 valence electrons. The Kier molecular flexibility index (Phi) is 6.97. The summed E-state index contributed by atoms with van der Waals surface area (Å²) >= 11 is 0. The molecule has 0 spiro atoms. The summed E-state index contributed by atoms with van der Waals surface area (Å²) in [5.74, 6) is 0.167. The zero-order chi connectivity index (χ0) is 23.2. The molecule has 2 heterocycles. The van der Waals surface area contributed by atoms with Crippen LogP contribution < -0.4 is 16.2 Å². The first-order chi connectivity index (χ1) is 16.0. The predicted molar refractivity (Wildman–Crippen MR) is 126 cm³/mol. The van der Waals surface area contributed by atoms with Gasteiger partial charge < -0.3 is 15.5 Å². The van der Waals surface area contributed by atoms with E-state index in [0.29, 0.717) is 30.5 Å².